The molecule has 0 aromatic carbocycles. The molecule has 0 atom stereocenters. The summed E-state index contributed by atoms with van der Waals surface area (Å²) < 4.78 is 4.00. The van der Waals surface area contributed by atoms with Crippen LogP contribution < -0.4 is 21.5 Å². The highest BCUT2D eigenvalue weighted by atomic mass is 79.9. The van der Waals surface area contributed by atoms with E-state index in [1.807, 2.05) is 42.0 Å². The average molecular weight is 177 g/mol. The van der Waals surface area contributed by atoms with Crippen LogP contribution in [0.1, 0.15) is 0 Å². The maximum atomic E-state index is 2.00. The van der Waals surface area contributed by atoms with E-state index in [0.717, 1.165) is 0 Å². The third-order valence-electron chi connectivity index (χ3n) is 0.901. The van der Waals surface area contributed by atoms with E-state index in [9.17, 15) is 0 Å². The Morgan fingerprint density at radius 2 is 2.12 bits per heavy atom. The fourth-order valence-electron chi connectivity index (χ4n) is 0.575. The van der Waals surface area contributed by atoms with Crippen LogP contribution in [-0.2, 0) is 14.1 Å². The highest BCUT2D eigenvalue weighted by molar-refractivity contribution is 4.60. The van der Waals surface area contributed by atoms with Gasteiger partial charge in [0.15, 0.2) is 0 Å². The lowest BCUT2D eigenvalue weighted by Crippen LogP contribution is -3.00. The van der Waals surface area contributed by atoms with Gasteiger partial charge in [-0.3, -0.25) is 0 Å². The number of hydrogen-bond acceptors (Lipinski definition) is 0. The molecule has 8 heavy (non-hydrogen) atoms. The molecule has 0 unspecified atom stereocenters. The van der Waals surface area contributed by atoms with Crippen LogP contribution in [0, 0.1) is 0 Å². The lowest BCUT2D eigenvalue weighted by molar-refractivity contribution is -0.670. The molecular weight excluding hydrogens is 168 g/mol. The molecule has 0 fully saturated rings. The normalized spacial score (nSPS) is 8.25. The highest BCUT2D eigenvalue weighted by Crippen LogP contribution is 1.70. The zero-order valence-corrected chi connectivity index (χ0v) is 6.59. The summed E-state index contributed by atoms with van der Waals surface area (Å²) in [5, 5.41) is 0. The molecule has 1 aromatic heterocycles. The van der Waals surface area contributed by atoms with Gasteiger partial charge in [0.2, 0.25) is 6.33 Å². The van der Waals surface area contributed by atoms with Crippen molar-refractivity contribution in [2.24, 2.45) is 14.1 Å². The third-order valence-corrected chi connectivity index (χ3v) is 0.901. The van der Waals surface area contributed by atoms with Gasteiger partial charge in [-0.05, 0) is 0 Å². The van der Waals surface area contributed by atoms with E-state index in [0.29, 0.717) is 0 Å². The first-order valence-electron chi connectivity index (χ1n) is 2.26. The minimum absolute atomic E-state index is 0. The Balaban J connectivity index is 0.000000490. The second-order valence-corrected chi connectivity index (χ2v) is 1.74. The molecule has 0 saturated carbocycles. The summed E-state index contributed by atoms with van der Waals surface area (Å²) in [5.74, 6) is 0. The van der Waals surface area contributed by atoms with Gasteiger partial charge in [-0.25, -0.2) is 9.13 Å². The first-order valence-corrected chi connectivity index (χ1v) is 2.26. The van der Waals surface area contributed by atoms with Crippen molar-refractivity contribution in [2.75, 3.05) is 0 Å². The lowest BCUT2D eigenvalue weighted by atomic mass is 10.9. The summed E-state index contributed by atoms with van der Waals surface area (Å²) in [7, 11) is 4.00. The Morgan fingerprint density at radius 1 is 1.50 bits per heavy atom. The van der Waals surface area contributed by atoms with Crippen LogP contribution in [0.4, 0.5) is 0 Å². The third kappa shape index (κ3) is 1.66. The summed E-state index contributed by atoms with van der Waals surface area (Å²) >= 11 is 0. The molecular formula is C5H9BrN2. The molecule has 0 amide bonds. The summed E-state index contributed by atoms with van der Waals surface area (Å²) in [4.78, 5) is 0. The maximum absolute atomic E-state index is 2.00. The van der Waals surface area contributed by atoms with Crippen LogP contribution in [0.5, 0.6) is 0 Å². The van der Waals surface area contributed by atoms with E-state index in [-0.39, 0.29) is 17.0 Å². The number of imidazole rings is 1. The van der Waals surface area contributed by atoms with Crippen molar-refractivity contribution < 1.29 is 21.5 Å². The Bertz CT molecular complexity index is 143. The van der Waals surface area contributed by atoms with Crippen molar-refractivity contribution >= 4 is 0 Å². The van der Waals surface area contributed by atoms with Crippen LogP contribution in [0.2, 0.25) is 0 Å². The SMILES string of the molecule is Cn1cc[n+](C)c1.[Br-]. The first-order chi connectivity index (χ1) is 3.29. The molecule has 0 N–H and O–H groups in total. The van der Waals surface area contributed by atoms with Gasteiger partial charge in [-0.1, -0.05) is 0 Å². The van der Waals surface area contributed by atoms with Gasteiger partial charge in [0.1, 0.15) is 12.4 Å². The fourth-order valence-corrected chi connectivity index (χ4v) is 0.575. The number of nitrogens with zero attached hydrogens (tertiary/aromatic N) is 2. The minimum atomic E-state index is 0. The van der Waals surface area contributed by atoms with Crippen LogP contribution in [0.3, 0.4) is 0 Å². The van der Waals surface area contributed by atoms with E-state index in [1.54, 1.807) is 0 Å². The summed E-state index contributed by atoms with van der Waals surface area (Å²) in [6, 6.07) is 0. The van der Waals surface area contributed by atoms with E-state index in [2.05, 4.69) is 0 Å². The molecule has 2 nitrogen and oxygen atoms in total. The fraction of sp³-hybridized carbons (Fsp3) is 0.400. The number of aryl methyl sites for hydroxylation is 2. The number of halogens is 1. The molecule has 0 aliphatic carbocycles. The topological polar surface area (TPSA) is 8.81 Å². The van der Waals surface area contributed by atoms with Crippen molar-refractivity contribution in [3.63, 3.8) is 0 Å². The molecule has 0 radical (unpaired) electrons. The largest absolute Gasteiger partial charge is 1.00 e. The lowest BCUT2D eigenvalue weighted by Gasteiger charge is -1.72. The number of hydrogen-bond donors (Lipinski definition) is 0. The van der Waals surface area contributed by atoms with Gasteiger partial charge >= 0.3 is 0 Å². The monoisotopic (exact) mass is 176 g/mol. The van der Waals surface area contributed by atoms with Crippen molar-refractivity contribution in [3.8, 4) is 0 Å². The molecule has 1 aromatic rings. The van der Waals surface area contributed by atoms with Crippen molar-refractivity contribution in [1.82, 2.24) is 4.57 Å². The van der Waals surface area contributed by atoms with E-state index < -0.39 is 0 Å². The summed E-state index contributed by atoms with van der Waals surface area (Å²) in [6.45, 7) is 0. The van der Waals surface area contributed by atoms with Gasteiger partial charge in [0, 0.05) is 0 Å². The molecule has 0 saturated heterocycles. The smallest absolute Gasteiger partial charge is 0.243 e. The molecule has 0 spiro atoms. The van der Waals surface area contributed by atoms with Gasteiger partial charge in [-0.2, -0.15) is 0 Å². The van der Waals surface area contributed by atoms with E-state index in [4.69, 9.17) is 0 Å². The zero-order valence-electron chi connectivity index (χ0n) is 5.00. The second kappa shape index (κ2) is 2.87. The number of aromatic nitrogens is 2. The van der Waals surface area contributed by atoms with Gasteiger partial charge in [0.05, 0.1) is 14.1 Å². The maximum Gasteiger partial charge on any atom is 0.243 e. The van der Waals surface area contributed by atoms with Gasteiger partial charge in [-0.15, -0.1) is 0 Å². The second-order valence-electron chi connectivity index (χ2n) is 1.74. The van der Waals surface area contributed by atoms with Gasteiger partial charge < -0.3 is 17.0 Å². The first kappa shape index (κ1) is 7.69. The standard InChI is InChI=1S/C5H9N2.BrH/c1-6-3-4-7(2)5-6;/h3-5H,1-2H3;1H/q+1;/p-1. The summed E-state index contributed by atoms with van der Waals surface area (Å²) in [6.07, 6.45) is 6.00. The predicted molar refractivity (Wildman–Crippen MR) is 26.6 cm³/mol. The van der Waals surface area contributed by atoms with Crippen LogP contribution in [0.15, 0.2) is 18.7 Å². The van der Waals surface area contributed by atoms with E-state index >= 15 is 0 Å². The molecule has 1 heterocycles. The quantitative estimate of drug-likeness (QED) is 0.370. The Kier molecular flexibility index (Phi) is 2.76. The Hall–Kier alpha value is -0.310. The molecule has 0 aliphatic heterocycles. The molecule has 0 aliphatic rings. The van der Waals surface area contributed by atoms with Crippen LogP contribution in [-0.4, -0.2) is 4.57 Å². The van der Waals surface area contributed by atoms with Gasteiger partial charge in [0.25, 0.3) is 0 Å². The summed E-state index contributed by atoms with van der Waals surface area (Å²) in [5.41, 5.74) is 0. The average Bonchev–Trinajstić information content (AvgIpc) is 1.87. The van der Waals surface area contributed by atoms with Crippen molar-refractivity contribution in [2.45, 2.75) is 0 Å². The highest BCUT2D eigenvalue weighted by Gasteiger charge is 1.87. The zero-order chi connectivity index (χ0) is 5.28. The molecule has 0 bridgehead atoms. The molecule has 1 rings (SSSR count). The van der Waals surface area contributed by atoms with E-state index in [1.165, 1.54) is 0 Å². The minimum Gasteiger partial charge on any atom is -1.00 e. The van der Waals surface area contributed by atoms with Crippen molar-refractivity contribution in [3.05, 3.63) is 18.7 Å². The Morgan fingerprint density at radius 3 is 2.25 bits per heavy atom. The van der Waals surface area contributed by atoms with Crippen LogP contribution >= 0.6 is 0 Å². The predicted octanol–water partition coefficient (Wildman–Crippen LogP) is -3.15. The van der Waals surface area contributed by atoms with Crippen LogP contribution in [0.25, 0.3) is 0 Å². The van der Waals surface area contributed by atoms with Crippen molar-refractivity contribution in [1.29, 1.82) is 0 Å². The molecule has 3 heteroatoms. The molecule has 46 valence electrons. The number of rotatable bonds is 0. The Labute approximate surface area is 59.5 Å².